The van der Waals surface area contributed by atoms with Crippen LogP contribution in [0.3, 0.4) is 0 Å². The molecule has 150 valence electrons. The zero-order valence-corrected chi connectivity index (χ0v) is 16.7. The molecule has 2 heterocycles. The summed E-state index contributed by atoms with van der Waals surface area (Å²) in [6.07, 6.45) is 3.97. The van der Waals surface area contributed by atoms with Crippen molar-refractivity contribution in [2.24, 2.45) is 11.8 Å². The van der Waals surface area contributed by atoms with Gasteiger partial charge < -0.3 is 16.0 Å². The molecule has 0 radical (unpaired) electrons. The summed E-state index contributed by atoms with van der Waals surface area (Å²) in [5.41, 5.74) is 0. The highest BCUT2D eigenvalue weighted by molar-refractivity contribution is 6.30. The molecule has 1 aromatic heterocycles. The summed E-state index contributed by atoms with van der Waals surface area (Å²) in [5.74, 6) is -2.95. The molecule has 9 heteroatoms. The monoisotopic (exact) mass is 426 g/mol. The Labute approximate surface area is 172 Å². The van der Waals surface area contributed by atoms with Crippen molar-refractivity contribution in [3.63, 3.8) is 0 Å². The highest BCUT2D eigenvalue weighted by atomic mass is 35.5. The second-order valence-corrected chi connectivity index (χ2v) is 6.98. The van der Waals surface area contributed by atoms with Gasteiger partial charge in [0.2, 0.25) is 11.8 Å². The van der Waals surface area contributed by atoms with E-state index in [-0.39, 0.29) is 28.5 Å². The molecule has 0 saturated carbocycles. The fraction of sp³-hybridized carbons (Fsp3) is 0.316. The Kier molecular flexibility index (Phi) is 8.17. The van der Waals surface area contributed by atoms with Crippen LogP contribution in [0, 0.1) is 11.8 Å². The number of amides is 2. The van der Waals surface area contributed by atoms with Gasteiger partial charge in [-0.3, -0.25) is 9.59 Å². The first kappa shape index (κ1) is 22.1. The number of hydrogen-bond acceptors (Lipinski definition) is 4. The van der Waals surface area contributed by atoms with Crippen molar-refractivity contribution < 1.29 is 14.0 Å². The third-order valence-corrected chi connectivity index (χ3v) is 4.47. The zero-order chi connectivity index (χ0) is 20.7. The van der Waals surface area contributed by atoms with E-state index in [0.29, 0.717) is 6.54 Å². The molecule has 2 rings (SSSR count). The van der Waals surface area contributed by atoms with Crippen molar-refractivity contribution in [3.8, 4) is 0 Å². The van der Waals surface area contributed by atoms with Crippen LogP contribution in [0.15, 0.2) is 53.9 Å². The minimum Gasteiger partial charge on any atom is -0.356 e. The smallest absolute Gasteiger partial charge is 0.243 e. The first-order valence-electron chi connectivity index (χ1n) is 8.66. The second kappa shape index (κ2) is 10.4. The van der Waals surface area contributed by atoms with Crippen LogP contribution in [0.2, 0.25) is 5.15 Å². The molecule has 2 amide bonds. The Bertz CT molecular complexity index is 813. The average molecular weight is 427 g/mol. The minimum absolute atomic E-state index is 0.157. The van der Waals surface area contributed by atoms with Crippen LogP contribution in [-0.4, -0.2) is 35.9 Å². The van der Waals surface area contributed by atoms with E-state index < -0.39 is 29.6 Å². The van der Waals surface area contributed by atoms with Gasteiger partial charge in [0.25, 0.3) is 0 Å². The SMILES string of the molecule is C=C(Cl)/C=C\C=C(/F)C1C(C(=O)Nc2cccc(Cl)n2)NC[C@H]1C(=O)NCC. The van der Waals surface area contributed by atoms with Gasteiger partial charge in [0, 0.05) is 24.0 Å². The Morgan fingerprint density at radius 1 is 1.43 bits per heavy atom. The van der Waals surface area contributed by atoms with Crippen molar-refractivity contribution in [1.82, 2.24) is 15.6 Å². The summed E-state index contributed by atoms with van der Waals surface area (Å²) in [7, 11) is 0. The second-order valence-electron chi connectivity index (χ2n) is 6.11. The highest BCUT2D eigenvalue weighted by Gasteiger charge is 2.45. The summed E-state index contributed by atoms with van der Waals surface area (Å²) >= 11 is 11.5. The van der Waals surface area contributed by atoms with Gasteiger partial charge in [-0.15, -0.1) is 0 Å². The molecule has 0 bridgehead atoms. The van der Waals surface area contributed by atoms with Crippen LogP contribution >= 0.6 is 23.2 Å². The number of halogens is 3. The van der Waals surface area contributed by atoms with Crippen molar-refractivity contribution in [2.75, 3.05) is 18.4 Å². The Morgan fingerprint density at radius 3 is 2.82 bits per heavy atom. The first-order chi connectivity index (χ1) is 13.3. The number of rotatable bonds is 7. The van der Waals surface area contributed by atoms with Crippen LogP contribution in [0.5, 0.6) is 0 Å². The predicted molar refractivity (Wildman–Crippen MR) is 109 cm³/mol. The quantitative estimate of drug-likeness (QED) is 0.461. The minimum atomic E-state index is -0.987. The number of aromatic nitrogens is 1. The van der Waals surface area contributed by atoms with E-state index in [4.69, 9.17) is 23.2 Å². The maximum atomic E-state index is 14.9. The number of allylic oxidation sites excluding steroid dienone is 4. The van der Waals surface area contributed by atoms with Crippen molar-refractivity contribution in [1.29, 1.82) is 0 Å². The highest BCUT2D eigenvalue weighted by Crippen LogP contribution is 2.31. The number of nitrogens with one attached hydrogen (secondary N) is 3. The van der Waals surface area contributed by atoms with Crippen LogP contribution in [0.25, 0.3) is 0 Å². The lowest BCUT2D eigenvalue weighted by Gasteiger charge is -2.21. The number of anilines is 1. The van der Waals surface area contributed by atoms with E-state index in [1.807, 2.05) is 0 Å². The molecule has 3 N–H and O–H groups in total. The number of hydrogen-bond donors (Lipinski definition) is 3. The topological polar surface area (TPSA) is 83.1 Å². The fourth-order valence-electron chi connectivity index (χ4n) is 2.95. The Morgan fingerprint density at radius 2 is 2.18 bits per heavy atom. The van der Waals surface area contributed by atoms with Gasteiger partial charge in [0.15, 0.2) is 0 Å². The van der Waals surface area contributed by atoms with Crippen LogP contribution in [0.1, 0.15) is 6.92 Å². The van der Waals surface area contributed by atoms with Crippen LogP contribution in [0.4, 0.5) is 10.2 Å². The molecule has 1 saturated heterocycles. The molecule has 0 aromatic carbocycles. The van der Waals surface area contributed by atoms with E-state index >= 15 is 0 Å². The summed E-state index contributed by atoms with van der Waals surface area (Å²) in [4.78, 5) is 29.1. The number of carbonyl (C=O) groups is 2. The maximum absolute atomic E-state index is 14.9. The molecule has 0 aliphatic carbocycles. The molecule has 28 heavy (non-hydrogen) atoms. The number of carbonyl (C=O) groups excluding carboxylic acids is 2. The largest absolute Gasteiger partial charge is 0.356 e. The lowest BCUT2D eigenvalue weighted by Crippen LogP contribution is -2.42. The van der Waals surface area contributed by atoms with Gasteiger partial charge in [-0.1, -0.05) is 41.9 Å². The summed E-state index contributed by atoms with van der Waals surface area (Å²) < 4.78 is 14.9. The maximum Gasteiger partial charge on any atom is 0.243 e. The van der Waals surface area contributed by atoms with E-state index in [1.165, 1.54) is 18.2 Å². The summed E-state index contributed by atoms with van der Waals surface area (Å²) in [5, 5.41) is 8.65. The molecule has 2 unspecified atom stereocenters. The molecule has 1 aromatic rings. The average Bonchev–Trinajstić information content (AvgIpc) is 3.07. The molecule has 3 atom stereocenters. The zero-order valence-electron chi connectivity index (χ0n) is 15.2. The molecular formula is C19H21Cl2FN4O2. The van der Waals surface area contributed by atoms with Gasteiger partial charge >= 0.3 is 0 Å². The molecular weight excluding hydrogens is 406 g/mol. The number of pyridine rings is 1. The fourth-order valence-corrected chi connectivity index (χ4v) is 3.18. The Hall–Kier alpha value is -2.22. The summed E-state index contributed by atoms with van der Waals surface area (Å²) in [6.45, 7) is 5.81. The molecule has 0 spiro atoms. The van der Waals surface area contributed by atoms with Gasteiger partial charge in [0.05, 0.1) is 12.0 Å². The first-order valence-corrected chi connectivity index (χ1v) is 9.41. The third-order valence-electron chi connectivity index (χ3n) is 4.14. The third kappa shape index (κ3) is 5.89. The van der Waals surface area contributed by atoms with Gasteiger partial charge in [0.1, 0.15) is 16.8 Å². The van der Waals surface area contributed by atoms with Crippen molar-refractivity contribution in [3.05, 3.63) is 59.0 Å². The molecule has 1 fully saturated rings. The Balaban J connectivity index is 2.26. The molecule has 6 nitrogen and oxygen atoms in total. The van der Waals surface area contributed by atoms with Crippen LogP contribution < -0.4 is 16.0 Å². The van der Waals surface area contributed by atoms with Gasteiger partial charge in [-0.2, -0.15) is 0 Å². The van der Waals surface area contributed by atoms with E-state index in [0.717, 1.165) is 0 Å². The van der Waals surface area contributed by atoms with Gasteiger partial charge in [-0.05, 0) is 31.2 Å². The number of nitrogens with zero attached hydrogens (tertiary/aromatic N) is 1. The van der Waals surface area contributed by atoms with Gasteiger partial charge in [-0.25, -0.2) is 9.37 Å². The molecule has 1 aliphatic rings. The standard InChI is InChI=1S/C19H21Cl2FN4O2/c1-3-23-18(27)12-10-24-17(16(12)13(22)7-4-6-11(2)20)19(28)26-15-9-5-8-14(21)25-15/h4-9,12,16-17,24H,2-3,10H2,1H3,(H,23,27)(H,25,26,28)/b6-4-,13-7-/t12-,16?,17?/m1/s1. The lowest BCUT2D eigenvalue weighted by atomic mass is 9.87. The van der Waals surface area contributed by atoms with E-state index in [1.54, 1.807) is 25.1 Å². The normalized spacial score (nSPS) is 22.3. The van der Waals surface area contributed by atoms with E-state index in [2.05, 4.69) is 27.5 Å². The van der Waals surface area contributed by atoms with Crippen molar-refractivity contribution in [2.45, 2.75) is 13.0 Å². The summed E-state index contributed by atoms with van der Waals surface area (Å²) in [6, 6.07) is 3.80. The lowest BCUT2D eigenvalue weighted by molar-refractivity contribution is -0.125. The van der Waals surface area contributed by atoms with E-state index in [9.17, 15) is 14.0 Å². The predicted octanol–water partition coefficient (Wildman–Crippen LogP) is 3.18. The van der Waals surface area contributed by atoms with Crippen molar-refractivity contribution >= 4 is 40.8 Å². The molecule has 1 aliphatic heterocycles. The van der Waals surface area contributed by atoms with Crippen LogP contribution in [-0.2, 0) is 9.59 Å².